The Bertz CT molecular complexity index is 1470. The Morgan fingerprint density at radius 1 is 1.09 bits per heavy atom. The number of anilines is 1. The third kappa shape index (κ3) is 3.96. The monoisotopic (exact) mass is 439 g/mol. The fraction of sp³-hybridized carbons (Fsp3) is 0.167. The van der Waals surface area contributed by atoms with Crippen LogP contribution in [0.2, 0.25) is 0 Å². The van der Waals surface area contributed by atoms with Crippen molar-refractivity contribution in [2.24, 2.45) is 0 Å². The molecule has 164 valence electrons. The minimum absolute atomic E-state index is 0.110. The molecule has 0 unspecified atom stereocenters. The average Bonchev–Trinajstić information content (AvgIpc) is 3.39. The molecule has 0 atom stereocenters. The quantitative estimate of drug-likeness (QED) is 0.406. The van der Waals surface area contributed by atoms with Gasteiger partial charge < -0.3 is 14.3 Å². The molecule has 0 saturated heterocycles. The number of nitrogens with one attached hydrogen (secondary N) is 1. The first kappa shape index (κ1) is 20.5. The van der Waals surface area contributed by atoms with Gasteiger partial charge in [0.05, 0.1) is 29.6 Å². The lowest BCUT2D eigenvalue weighted by Gasteiger charge is -2.07. The first-order chi connectivity index (χ1) is 16.0. The molecule has 0 fully saturated rings. The van der Waals surface area contributed by atoms with Crippen LogP contribution in [0.1, 0.15) is 41.5 Å². The second-order valence-electron chi connectivity index (χ2n) is 8.02. The molecule has 0 aliphatic heterocycles. The molecule has 1 amide bonds. The second kappa shape index (κ2) is 8.27. The molecule has 0 aliphatic carbocycles. The summed E-state index contributed by atoms with van der Waals surface area (Å²) in [5.74, 6) is -0.451. The molecule has 5 aromatic rings. The summed E-state index contributed by atoms with van der Waals surface area (Å²) in [4.78, 5) is 42.9. The van der Waals surface area contributed by atoms with Gasteiger partial charge in [-0.15, -0.1) is 0 Å². The van der Waals surface area contributed by atoms with E-state index in [4.69, 9.17) is 0 Å². The van der Waals surface area contributed by atoms with Crippen LogP contribution in [0.5, 0.6) is 0 Å². The van der Waals surface area contributed by atoms with E-state index in [0.717, 1.165) is 5.65 Å². The summed E-state index contributed by atoms with van der Waals surface area (Å²) >= 11 is 0. The number of rotatable bonds is 6. The van der Waals surface area contributed by atoms with Crippen molar-refractivity contribution in [1.82, 2.24) is 28.9 Å². The van der Waals surface area contributed by atoms with Gasteiger partial charge in [0.25, 0.3) is 0 Å². The van der Waals surface area contributed by atoms with E-state index in [1.54, 1.807) is 18.5 Å². The molecule has 33 heavy (non-hydrogen) atoms. The van der Waals surface area contributed by atoms with E-state index in [0.29, 0.717) is 33.5 Å². The fourth-order valence-corrected chi connectivity index (χ4v) is 3.79. The van der Waals surface area contributed by atoms with Crippen LogP contribution in [-0.4, -0.2) is 40.6 Å². The van der Waals surface area contributed by atoms with Crippen LogP contribution >= 0.6 is 0 Å². The summed E-state index contributed by atoms with van der Waals surface area (Å²) in [5, 5.41) is 3.49. The fourth-order valence-electron chi connectivity index (χ4n) is 3.79. The van der Waals surface area contributed by atoms with Gasteiger partial charge in [-0.1, -0.05) is 6.07 Å². The normalized spacial score (nSPS) is 11.4. The Labute approximate surface area is 189 Å². The summed E-state index contributed by atoms with van der Waals surface area (Å²) in [6, 6.07) is 7.43. The highest BCUT2D eigenvalue weighted by Crippen LogP contribution is 2.25. The van der Waals surface area contributed by atoms with E-state index < -0.39 is 0 Å². The van der Waals surface area contributed by atoms with Crippen molar-refractivity contribution >= 4 is 34.1 Å². The SMILES string of the molecule is CC(C)n1cc(C(=O)c2cncc(NC(=O)Cc3cn4ccccc4n3)c2)c2cncnc21. The number of aromatic nitrogens is 6. The standard InChI is InChI=1S/C24H21N7O2/c1-15(2)31-13-20(19-11-26-14-27-24(19)31)23(33)16-7-17(10-25-9-16)29-22(32)8-18-12-30-6-4-3-5-21(30)28-18/h3-7,9-15H,8H2,1-2H3,(H,29,32). The maximum atomic E-state index is 13.3. The van der Waals surface area contributed by atoms with Crippen molar-refractivity contribution < 1.29 is 9.59 Å². The van der Waals surface area contributed by atoms with E-state index in [1.165, 1.54) is 18.7 Å². The second-order valence-corrected chi connectivity index (χ2v) is 8.02. The van der Waals surface area contributed by atoms with Crippen molar-refractivity contribution in [3.05, 3.63) is 84.6 Å². The van der Waals surface area contributed by atoms with E-state index in [9.17, 15) is 9.59 Å². The Morgan fingerprint density at radius 2 is 1.97 bits per heavy atom. The number of hydrogen-bond acceptors (Lipinski definition) is 6. The van der Waals surface area contributed by atoms with Crippen molar-refractivity contribution in [2.75, 3.05) is 5.32 Å². The molecule has 0 spiro atoms. The predicted octanol–water partition coefficient (Wildman–Crippen LogP) is 3.47. The van der Waals surface area contributed by atoms with Crippen LogP contribution in [-0.2, 0) is 11.2 Å². The lowest BCUT2D eigenvalue weighted by molar-refractivity contribution is -0.115. The number of imidazole rings is 1. The number of hydrogen-bond donors (Lipinski definition) is 1. The van der Waals surface area contributed by atoms with Gasteiger partial charge in [-0.2, -0.15) is 0 Å². The predicted molar refractivity (Wildman–Crippen MR) is 123 cm³/mol. The van der Waals surface area contributed by atoms with Gasteiger partial charge in [0.15, 0.2) is 5.78 Å². The first-order valence-electron chi connectivity index (χ1n) is 10.5. The summed E-state index contributed by atoms with van der Waals surface area (Å²) in [6.45, 7) is 4.05. The first-order valence-corrected chi connectivity index (χ1v) is 10.5. The molecule has 5 heterocycles. The lowest BCUT2D eigenvalue weighted by atomic mass is 10.1. The van der Waals surface area contributed by atoms with Crippen molar-refractivity contribution in [3.8, 4) is 0 Å². The molecule has 5 rings (SSSR count). The molecule has 1 N–H and O–H groups in total. The summed E-state index contributed by atoms with van der Waals surface area (Å²) in [6.07, 6.45) is 11.7. The summed E-state index contributed by atoms with van der Waals surface area (Å²) in [7, 11) is 0. The van der Waals surface area contributed by atoms with Crippen LogP contribution in [0.25, 0.3) is 16.7 Å². The topological polar surface area (TPSA) is 107 Å². The zero-order valence-electron chi connectivity index (χ0n) is 18.1. The molecular formula is C24H21N7O2. The number of fused-ring (bicyclic) bond motifs is 2. The van der Waals surface area contributed by atoms with Gasteiger partial charge in [0.1, 0.15) is 17.6 Å². The number of pyridine rings is 2. The maximum Gasteiger partial charge on any atom is 0.230 e. The highest BCUT2D eigenvalue weighted by molar-refractivity contribution is 6.16. The highest BCUT2D eigenvalue weighted by Gasteiger charge is 2.20. The van der Waals surface area contributed by atoms with Crippen LogP contribution in [0.15, 0.2) is 67.8 Å². The van der Waals surface area contributed by atoms with Crippen LogP contribution < -0.4 is 5.32 Å². The number of nitrogens with zero attached hydrogens (tertiary/aromatic N) is 6. The molecule has 5 aromatic heterocycles. The summed E-state index contributed by atoms with van der Waals surface area (Å²) < 4.78 is 3.80. The van der Waals surface area contributed by atoms with Gasteiger partial charge in [-0.05, 0) is 32.0 Å². The van der Waals surface area contributed by atoms with E-state index in [-0.39, 0.29) is 24.2 Å². The minimum Gasteiger partial charge on any atom is -0.329 e. The maximum absolute atomic E-state index is 13.3. The highest BCUT2D eigenvalue weighted by atomic mass is 16.1. The van der Waals surface area contributed by atoms with E-state index >= 15 is 0 Å². The van der Waals surface area contributed by atoms with Gasteiger partial charge in [0.2, 0.25) is 5.91 Å². The van der Waals surface area contributed by atoms with E-state index in [1.807, 2.05) is 53.4 Å². The summed E-state index contributed by atoms with van der Waals surface area (Å²) in [5.41, 5.74) is 3.44. The average molecular weight is 439 g/mol. The molecule has 9 nitrogen and oxygen atoms in total. The van der Waals surface area contributed by atoms with Gasteiger partial charge in [0, 0.05) is 48.0 Å². The molecule has 0 aliphatic rings. The minimum atomic E-state index is -0.241. The number of amides is 1. The number of carbonyl (C=O) groups is 2. The number of carbonyl (C=O) groups excluding carboxylic acids is 2. The largest absolute Gasteiger partial charge is 0.329 e. The van der Waals surface area contributed by atoms with Gasteiger partial charge in [-0.3, -0.25) is 14.6 Å². The third-order valence-electron chi connectivity index (χ3n) is 5.33. The molecule has 0 saturated carbocycles. The molecule has 0 aromatic carbocycles. The molecular weight excluding hydrogens is 418 g/mol. The Balaban J connectivity index is 1.37. The van der Waals surface area contributed by atoms with Crippen molar-refractivity contribution in [3.63, 3.8) is 0 Å². The molecule has 0 bridgehead atoms. The smallest absolute Gasteiger partial charge is 0.230 e. The van der Waals surface area contributed by atoms with Crippen LogP contribution in [0.4, 0.5) is 5.69 Å². The zero-order valence-corrected chi connectivity index (χ0v) is 18.1. The van der Waals surface area contributed by atoms with E-state index in [2.05, 4.69) is 25.3 Å². The zero-order chi connectivity index (χ0) is 22.9. The molecule has 0 radical (unpaired) electrons. The van der Waals surface area contributed by atoms with Crippen molar-refractivity contribution in [1.29, 1.82) is 0 Å². The Morgan fingerprint density at radius 3 is 2.79 bits per heavy atom. The molecule has 9 heteroatoms. The third-order valence-corrected chi connectivity index (χ3v) is 5.33. The van der Waals surface area contributed by atoms with Crippen LogP contribution in [0, 0.1) is 0 Å². The van der Waals surface area contributed by atoms with Crippen molar-refractivity contribution in [2.45, 2.75) is 26.3 Å². The van der Waals surface area contributed by atoms with Gasteiger partial charge >= 0.3 is 0 Å². The van der Waals surface area contributed by atoms with Crippen LogP contribution in [0.3, 0.4) is 0 Å². The number of ketones is 1. The lowest BCUT2D eigenvalue weighted by Crippen LogP contribution is -2.15. The Kier molecular flexibility index (Phi) is 5.14. The Hall–Kier alpha value is -4.40. The van der Waals surface area contributed by atoms with Gasteiger partial charge in [-0.25, -0.2) is 15.0 Å².